The Labute approximate surface area is 100 Å². The lowest BCUT2D eigenvalue weighted by Crippen LogP contribution is -2.39. The van der Waals surface area contributed by atoms with Crippen molar-refractivity contribution in [3.05, 3.63) is 35.7 Å². The van der Waals surface area contributed by atoms with E-state index in [1.807, 2.05) is 0 Å². The van der Waals surface area contributed by atoms with E-state index in [0.29, 0.717) is 5.92 Å². The average molecular weight is 225 g/mol. The highest BCUT2D eigenvalue weighted by molar-refractivity contribution is 5.76. The van der Waals surface area contributed by atoms with Gasteiger partial charge in [-0.2, -0.15) is 0 Å². The number of benzene rings is 1. The fraction of sp³-hybridized carbons (Fsp3) is 0.429. The Kier molecular flexibility index (Phi) is 1.97. The SMILES string of the molecule is c1cnc2cc3c(cc2n1)CC1CNCC3C1. The van der Waals surface area contributed by atoms with Gasteiger partial charge in [-0.05, 0) is 54.5 Å². The van der Waals surface area contributed by atoms with E-state index in [0.717, 1.165) is 23.5 Å². The lowest BCUT2D eigenvalue weighted by molar-refractivity contribution is 0.318. The summed E-state index contributed by atoms with van der Waals surface area (Å²) < 4.78 is 0. The van der Waals surface area contributed by atoms with Crippen molar-refractivity contribution >= 4 is 11.0 Å². The molecule has 0 spiro atoms. The summed E-state index contributed by atoms with van der Waals surface area (Å²) in [6.07, 6.45) is 6.09. The fourth-order valence-electron chi connectivity index (χ4n) is 3.36. The normalized spacial score (nSPS) is 26.8. The number of nitrogens with one attached hydrogen (secondary N) is 1. The van der Waals surface area contributed by atoms with Gasteiger partial charge in [0.25, 0.3) is 0 Å². The summed E-state index contributed by atoms with van der Waals surface area (Å²) >= 11 is 0. The van der Waals surface area contributed by atoms with Crippen LogP contribution in [0.5, 0.6) is 0 Å². The summed E-state index contributed by atoms with van der Waals surface area (Å²) in [4.78, 5) is 8.82. The third-order valence-corrected chi connectivity index (χ3v) is 4.12. The first-order valence-corrected chi connectivity index (χ1v) is 6.34. The quantitative estimate of drug-likeness (QED) is 0.744. The Morgan fingerprint density at radius 1 is 1.06 bits per heavy atom. The van der Waals surface area contributed by atoms with Crippen molar-refractivity contribution in [3.8, 4) is 0 Å². The minimum atomic E-state index is 0.684. The van der Waals surface area contributed by atoms with E-state index in [-0.39, 0.29) is 0 Å². The predicted octanol–water partition coefficient (Wildman–Crippen LogP) is 1.88. The van der Waals surface area contributed by atoms with Crippen LogP contribution in [0.4, 0.5) is 0 Å². The standard InChI is InChI=1S/C14H15N3/c1-2-17-14-6-12-10(5-13(14)16-1)3-9-4-11(12)8-15-7-9/h1-2,5-6,9,11,15H,3-4,7-8H2. The topological polar surface area (TPSA) is 37.8 Å². The van der Waals surface area contributed by atoms with Crippen molar-refractivity contribution in [2.24, 2.45) is 5.92 Å². The van der Waals surface area contributed by atoms with Gasteiger partial charge in [0, 0.05) is 18.9 Å². The molecule has 0 amide bonds. The number of fused-ring (bicyclic) bond motifs is 5. The van der Waals surface area contributed by atoms with Gasteiger partial charge in [0.2, 0.25) is 0 Å². The van der Waals surface area contributed by atoms with Crippen molar-refractivity contribution in [3.63, 3.8) is 0 Å². The highest BCUT2D eigenvalue weighted by Gasteiger charge is 2.30. The molecular formula is C14H15N3. The molecule has 1 N–H and O–H groups in total. The van der Waals surface area contributed by atoms with Gasteiger partial charge in [0.1, 0.15) is 0 Å². The number of nitrogens with zero attached hydrogens (tertiary/aromatic N) is 2. The van der Waals surface area contributed by atoms with Crippen LogP contribution in [0.25, 0.3) is 11.0 Å². The zero-order valence-electron chi connectivity index (χ0n) is 9.69. The van der Waals surface area contributed by atoms with Gasteiger partial charge in [0.15, 0.2) is 0 Å². The molecule has 17 heavy (non-hydrogen) atoms. The van der Waals surface area contributed by atoms with E-state index in [1.54, 1.807) is 12.4 Å². The molecule has 0 saturated carbocycles. The van der Waals surface area contributed by atoms with E-state index in [2.05, 4.69) is 27.4 Å². The highest BCUT2D eigenvalue weighted by atomic mass is 14.9. The van der Waals surface area contributed by atoms with Gasteiger partial charge >= 0.3 is 0 Å². The van der Waals surface area contributed by atoms with Gasteiger partial charge in [0.05, 0.1) is 11.0 Å². The second kappa shape index (κ2) is 3.50. The van der Waals surface area contributed by atoms with Crippen LogP contribution < -0.4 is 5.32 Å². The molecule has 86 valence electrons. The third kappa shape index (κ3) is 1.46. The van der Waals surface area contributed by atoms with Crippen LogP contribution in [0.1, 0.15) is 23.5 Å². The summed E-state index contributed by atoms with van der Waals surface area (Å²) in [6.45, 7) is 2.30. The maximum absolute atomic E-state index is 4.41. The molecule has 4 rings (SSSR count). The summed E-state index contributed by atoms with van der Waals surface area (Å²) in [5, 5.41) is 3.54. The number of hydrogen-bond donors (Lipinski definition) is 1. The molecule has 1 aromatic carbocycles. The van der Waals surface area contributed by atoms with Crippen molar-refractivity contribution in [1.82, 2.24) is 15.3 Å². The number of piperidine rings is 1. The molecule has 3 heteroatoms. The monoisotopic (exact) mass is 225 g/mol. The molecule has 2 aliphatic rings. The second-order valence-corrected chi connectivity index (χ2v) is 5.26. The maximum Gasteiger partial charge on any atom is 0.0889 e. The van der Waals surface area contributed by atoms with Gasteiger partial charge in [-0.25, -0.2) is 0 Å². The molecule has 3 nitrogen and oxygen atoms in total. The lowest BCUT2D eigenvalue weighted by Gasteiger charge is -2.36. The number of aromatic nitrogens is 2. The second-order valence-electron chi connectivity index (χ2n) is 5.26. The molecule has 1 fully saturated rings. The lowest BCUT2D eigenvalue weighted by atomic mass is 9.74. The Bertz CT molecular complexity index is 579. The van der Waals surface area contributed by atoms with Gasteiger partial charge in [-0.3, -0.25) is 9.97 Å². The molecule has 1 aliphatic heterocycles. The zero-order chi connectivity index (χ0) is 11.2. The van der Waals surface area contributed by atoms with E-state index < -0.39 is 0 Å². The highest BCUT2D eigenvalue weighted by Crippen LogP contribution is 2.37. The van der Waals surface area contributed by atoms with Crippen molar-refractivity contribution in [2.75, 3.05) is 13.1 Å². The van der Waals surface area contributed by atoms with Crippen LogP contribution in [0.15, 0.2) is 24.5 Å². The molecule has 1 aliphatic carbocycles. The van der Waals surface area contributed by atoms with E-state index >= 15 is 0 Å². The first kappa shape index (κ1) is 9.54. The molecule has 1 saturated heterocycles. The van der Waals surface area contributed by atoms with Crippen LogP contribution in [-0.4, -0.2) is 23.1 Å². The molecule has 1 aromatic heterocycles. The fourth-order valence-corrected chi connectivity index (χ4v) is 3.36. The van der Waals surface area contributed by atoms with E-state index in [1.165, 1.54) is 30.5 Å². The number of hydrogen-bond acceptors (Lipinski definition) is 3. The van der Waals surface area contributed by atoms with Crippen molar-refractivity contribution in [2.45, 2.75) is 18.8 Å². The summed E-state index contributed by atoms with van der Waals surface area (Å²) in [5.41, 5.74) is 5.08. The molecular weight excluding hydrogens is 210 g/mol. The largest absolute Gasteiger partial charge is 0.316 e. The third-order valence-electron chi connectivity index (χ3n) is 4.12. The predicted molar refractivity (Wildman–Crippen MR) is 67.0 cm³/mol. The van der Waals surface area contributed by atoms with Gasteiger partial charge < -0.3 is 5.32 Å². The van der Waals surface area contributed by atoms with E-state index in [4.69, 9.17) is 0 Å². The van der Waals surface area contributed by atoms with E-state index in [9.17, 15) is 0 Å². The van der Waals surface area contributed by atoms with Crippen LogP contribution in [0, 0.1) is 5.92 Å². The Morgan fingerprint density at radius 3 is 2.76 bits per heavy atom. The molecule has 2 atom stereocenters. The minimum absolute atomic E-state index is 0.684. The maximum atomic E-state index is 4.41. The smallest absolute Gasteiger partial charge is 0.0889 e. The molecule has 2 bridgehead atoms. The zero-order valence-corrected chi connectivity index (χ0v) is 9.69. The van der Waals surface area contributed by atoms with Crippen LogP contribution in [0.3, 0.4) is 0 Å². The average Bonchev–Trinajstić information content (AvgIpc) is 2.37. The first-order chi connectivity index (χ1) is 8.40. The Morgan fingerprint density at radius 2 is 1.88 bits per heavy atom. The van der Waals surface area contributed by atoms with Crippen LogP contribution in [0.2, 0.25) is 0 Å². The molecule has 2 unspecified atom stereocenters. The van der Waals surface area contributed by atoms with Gasteiger partial charge in [-0.1, -0.05) is 0 Å². The molecule has 0 radical (unpaired) electrons. The summed E-state index contributed by atoms with van der Waals surface area (Å²) in [5.74, 6) is 1.50. The Balaban J connectivity index is 1.93. The molecule has 2 aromatic rings. The summed E-state index contributed by atoms with van der Waals surface area (Å²) in [6, 6.07) is 4.51. The van der Waals surface area contributed by atoms with Crippen LogP contribution in [-0.2, 0) is 6.42 Å². The minimum Gasteiger partial charge on any atom is -0.316 e. The van der Waals surface area contributed by atoms with Crippen molar-refractivity contribution < 1.29 is 0 Å². The van der Waals surface area contributed by atoms with Crippen molar-refractivity contribution in [1.29, 1.82) is 0 Å². The number of rotatable bonds is 0. The first-order valence-electron chi connectivity index (χ1n) is 6.34. The van der Waals surface area contributed by atoms with Crippen LogP contribution >= 0.6 is 0 Å². The van der Waals surface area contributed by atoms with Gasteiger partial charge in [-0.15, -0.1) is 0 Å². The summed E-state index contributed by atoms with van der Waals surface area (Å²) in [7, 11) is 0. The molecule has 2 heterocycles. The Hall–Kier alpha value is -1.48.